The molecule has 20 heavy (non-hydrogen) atoms. The van der Waals surface area contributed by atoms with Crippen LogP contribution in [0.25, 0.3) is 0 Å². The van der Waals surface area contributed by atoms with Crippen molar-refractivity contribution in [2.75, 3.05) is 24.3 Å². The lowest BCUT2D eigenvalue weighted by molar-refractivity contribution is 0.102. The smallest absolute Gasteiger partial charge is 0.255 e. The number of carbonyl (C=O) groups is 1. The highest BCUT2D eigenvalue weighted by Gasteiger charge is 2.09. The number of carbonyl (C=O) groups excluding carboxylic acids is 1. The molecule has 0 aliphatic heterocycles. The van der Waals surface area contributed by atoms with Gasteiger partial charge in [0.2, 0.25) is 0 Å². The van der Waals surface area contributed by atoms with Crippen molar-refractivity contribution in [2.24, 2.45) is 0 Å². The molecule has 0 radical (unpaired) electrons. The number of amides is 1. The normalized spacial score (nSPS) is 10.2. The van der Waals surface area contributed by atoms with Crippen LogP contribution in [0.2, 0.25) is 5.02 Å². The zero-order valence-electron chi connectivity index (χ0n) is 11.8. The van der Waals surface area contributed by atoms with E-state index in [0.717, 1.165) is 16.9 Å². The molecule has 3 nitrogen and oxygen atoms in total. The highest BCUT2D eigenvalue weighted by atomic mass is 35.5. The van der Waals surface area contributed by atoms with Crippen LogP contribution in [-0.4, -0.2) is 20.0 Å². The molecule has 0 unspecified atom stereocenters. The number of hydrogen-bond acceptors (Lipinski definition) is 2. The van der Waals surface area contributed by atoms with Gasteiger partial charge >= 0.3 is 0 Å². The summed E-state index contributed by atoms with van der Waals surface area (Å²) in [5.74, 6) is -0.140. The Labute approximate surface area is 124 Å². The van der Waals surface area contributed by atoms with E-state index < -0.39 is 0 Å². The first-order valence-corrected chi connectivity index (χ1v) is 6.70. The molecule has 0 atom stereocenters. The molecule has 0 aromatic heterocycles. The predicted octanol–water partition coefficient (Wildman–Crippen LogP) is 3.97. The van der Waals surface area contributed by atoms with E-state index in [-0.39, 0.29) is 5.91 Å². The standard InChI is InChI=1S/C16H17ClN2O/c1-11-7-8-13(17)10-15(11)18-16(20)12-5-4-6-14(9-12)19(2)3/h4-10H,1-3H3,(H,18,20). The minimum atomic E-state index is -0.140. The molecule has 4 heteroatoms. The fraction of sp³-hybridized carbons (Fsp3) is 0.188. The van der Waals surface area contributed by atoms with Crippen LogP contribution in [0.1, 0.15) is 15.9 Å². The first-order valence-electron chi connectivity index (χ1n) is 6.32. The van der Waals surface area contributed by atoms with Crippen LogP contribution in [0.5, 0.6) is 0 Å². The quantitative estimate of drug-likeness (QED) is 0.927. The Kier molecular flexibility index (Phi) is 4.30. The molecule has 2 rings (SSSR count). The number of benzene rings is 2. The summed E-state index contributed by atoms with van der Waals surface area (Å²) in [5.41, 5.74) is 3.32. The van der Waals surface area contributed by atoms with E-state index in [1.165, 1.54) is 0 Å². The fourth-order valence-corrected chi connectivity index (χ4v) is 2.02. The molecule has 0 saturated heterocycles. The molecular formula is C16H17ClN2O. The molecule has 104 valence electrons. The lowest BCUT2D eigenvalue weighted by atomic mass is 10.1. The number of aryl methyl sites for hydroxylation is 1. The first kappa shape index (κ1) is 14.4. The lowest BCUT2D eigenvalue weighted by Crippen LogP contribution is -2.14. The summed E-state index contributed by atoms with van der Waals surface area (Å²) in [4.78, 5) is 14.2. The summed E-state index contributed by atoms with van der Waals surface area (Å²) in [6.07, 6.45) is 0. The van der Waals surface area contributed by atoms with Gasteiger partial charge in [0.25, 0.3) is 5.91 Å². The number of rotatable bonds is 3. The number of anilines is 2. The van der Waals surface area contributed by atoms with Gasteiger partial charge in [0.1, 0.15) is 0 Å². The van der Waals surface area contributed by atoms with E-state index in [1.807, 2.05) is 50.2 Å². The van der Waals surface area contributed by atoms with Crippen LogP contribution in [0.4, 0.5) is 11.4 Å². The number of nitrogens with one attached hydrogen (secondary N) is 1. The molecule has 0 aliphatic carbocycles. The van der Waals surface area contributed by atoms with Crippen LogP contribution in [0, 0.1) is 6.92 Å². The van der Waals surface area contributed by atoms with Crippen molar-refractivity contribution in [3.05, 3.63) is 58.6 Å². The maximum Gasteiger partial charge on any atom is 0.255 e. The SMILES string of the molecule is Cc1ccc(Cl)cc1NC(=O)c1cccc(N(C)C)c1. The van der Waals surface area contributed by atoms with Crippen molar-refractivity contribution in [1.29, 1.82) is 0 Å². The molecule has 2 aromatic carbocycles. The summed E-state index contributed by atoms with van der Waals surface area (Å²) in [6, 6.07) is 12.9. The van der Waals surface area contributed by atoms with E-state index in [1.54, 1.807) is 18.2 Å². The first-order chi connectivity index (χ1) is 9.47. The van der Waals surface area contributed by atoms with Crippen molar-refractivity contribution >= 4 is 28.9 Å². The molecule has 1 N–H and O–H groups in total. The highest BCUT2D eigenvalue weighted by molar-refractivity contribution is 6.31. The predicted molar refractivity (Wildman–Crippen MR) is 84.9 cm³/mol. The molecule has 0 spiro atoms. The summed E-state index contributed by atoms with van der Waals surface area (Å²) >= 11 is 5.96. The summed E-state index contributed by atoms with van der Waals surface area (Å²) < 4.78 is 0. The summed E-state index contributed by atoms with van der Waals surface area (Å²) in [7, 11) is 3.89. The Balaban J connectivity index is 2.24. The Bertz CT molecular complexity index is 638. The lowest BCUT2D eigenvalue weighted by Gasteiger charge is -2.14. The molecule has 1 amide bonds. The van der Waals surface area contributed by atoms with E-state index in [9.17, 15) is 4.79 Å². The second kappa shape index (κ2) is 5.97. The van der Waals surface area contributed by atoms with Gasteiger partial charge in [-0.15, -0.1) is 0 Å². The van der Waals surface area contributed by atoms with Crippen LogP contribution in [0.15, 0.2) is 42.5 Å². The average Bonchev–Trinajstić information content (AvgIpc) is 2.43. The van der Waals surface area contributed by atoms with Crippen LogP contribution in [-0.2, 0) is 0 Å². The second-order valence-corrected chi connectivity index (χ2v) is 5.29. The summed E-state index contributed by atoms with van der Waals surface area (Å²) in [5, 5.41) is 3.50. The largest absolute Gasteiger partial charge is 0.378 e. The average molecular weight is 289 g/mol. The Morgan fingerprint density at radius 3 is 2.60 bits per heavy atom. The Hall–Kier alpha value is -2.00. The van der Waals surface area contributed by atoms with E-state index in [0.29, 0.717) is 10.6 Å². The van der Waals surface area contributed by atoms with Crippen molar-refractivity contribution < 1.29 is 4.79 Å². The van der Waals surface area contributed by atoms with Gasteiger partial charge in [0.15, 0.2) is 0 Å². The van der Waals surface area contributed by atoms with Gasteiger partial charge in [-0.05, 0) is 42.8 Å². The Morgan fingerprint density at radius 1 is 1.15 bits per heavy atom. The van der Waals surface area contributed by atoms with Crippen molar-refractivity contribution in [3.63, 3.8) is 0 Å². The Morgan fingerprint density at radius 2 is 1.90 bits per heavy atom. The molecule has 0 bridgehead atoms. The number of hydrogen-bond donors (Lipinski definition) is 1. The van der Waals surface area contributed by atoms with Crippen molar-refractivity contribution in [1.82, 2.24) is 0 Å². The zero-order chi connectivity index (χ0) is 14.7. The maximum atomic E-state index is 12.3. The van der Waals surface area contributed by atoms with Crippen molar-refractivity contribution in [2.45, 2.75) is 6.92 Å². The van der Waals surface area contributed by atoms with E-state index >= 15 is 0 Å². The monoisotopic (exact) mass is 288 g/mol. The molecule has 0 aliphatic rings. The topological polar surface area (TPSA) is 32.3 Å². The third-order valence-corrected chi connectivity index (χ3v) is 3.31. The molecule has 0 heterocycles. The summed E-state index contributed by atoms with van der Waals surface area (Å²) in [6.45, 7) is 1.93. The minimum Gasteiger partial charge on any atom is -0.378 e. The molecular weight excluding hydrogens is 272 g/mol. The fourth-order valence-electron chi connectivity index (χ4n) is 1.85. The molecule has 0 saturated carbocycles. The second-order valence-electron chi connectivity index (χ2n) is 4.86. The zero-order valence-corrected chi connectivity index (χ0v) is 12.5. The minimum absolute atomic E-state index is 0.140. The molecule has 0 fully saturated rings. The highest BCUT2D eigenvalue weighted by Crippen LogP contribution is 2.21. The van der Waals surface area contributed by atoms with Crippen LogP contribution in [0.3, 0.4) is 0 Å². The number of halogens is 1. The van der Waals surface area contributed by atoms with Gasteiger partial charge in [0, 0.05) is 36.1 Å². The van der Waals surface area contributed by atoms with Gasteiger partial charge in [-0.25, -0.2) is 0 Å². The molecule has 2 aromatic rings. The number of nitrogens with zero attached hydrogens (tertiary/aromatic N) is 1. The van der Waals surface area contributed by atoms with Gasteiger partial charge in [0.05, 0.1) is 0 Å². The van der Waals surface area contributed by atoms with Crippen molar-refractivity contribution in [3.8, 4) is 0 Å². The van der Waals surface area contributed by atoms with Gasteiger partial charge in [-0.3, -0.25) is 4.79 Å². The van der Waals surface area contributed by atoms with Crippen LogP contribution >= 0.6 is 11.6 Å². The van der Waals surface area contributed by atoms with Gasteiger partial charge < -0.3 is 10.2 Å². The van der Waals surface area contributed by atoms with Gasteiger partial charge in [-0.2, -0.15) is 0 Å². The third kappa shape index (κ3) is 3.31. The van der Waals surface area contributed by atoms with Crippen LogP contribution < -0.4 is 10.2 Å². The van der Waals surface area contributed by atoms with E-state index in [2.05, 4.69) is 5.32 Å². The maximum absolute atomic E-state index is 12.3. The van der Waals surface area contributed by atoms with E-state index in [4.69, 9.17) is 11.6 Å². The third-order valence-electron chi connectivity index (χ3n) is 3.07. The van der Waals surface area contributed by atoms with Gasteiger partial charge in [-0.1, -0.05) is 23.7 Å².